The summed E-state index contributed by atoms with van der Waals surface area (Å²) in [6.45, 7) is 4.58. The third-order valence-electron chi connectivity index (χ3n) is 7.93. The van der Waals surface area contributed by atoms with Crippen LogP contribution < -0.4 is 26.4 Å². The molecule has 2 fully saturated rings. The summed E-state index contributed by atoms with van der Waals surface area (Å²) < 4.78 is 21.0. The number of carbonyl (C=O) groups excluding carboxylic acids is 2. The largest absolute Gasteiger partial charge is 0.474 e. The topological polar surface area (TPSA) is 131 Å². The Morgan fingerprint density at radius 1 is 1.16 bits per heavy atom. The predicted molar refractivity (Wildman–Crippen MR) is 139 cm³/mol. The second-order valence-electron chi connectivity index (χ2n) is 10.2. The van der Waals surface area contributed by atoms with Gasteiger partial charge >= 0.3 is 0 Å². The molecule has 3 aromatic rings. The van der Waals surface area contributed by atoms with Crippen molar-refractivity contribution < 1.29 is 18.7 Å². The molecule has 2 unspecified atom stereocenters. The van der Waals surface area contributed by atoms with Gasteiger partial charge in [-0.2, -0.15) is 0 Å². The van der Waals surface area contributed by atoms with E-state index in [1.807, 2.05) is 6.92 Å². The molecule has 10 heteroatoms. The van der Waals surface area contributed by atoms with E-state index in [1.165, 1.54) is 13.1 Å². The molecule has 0 spiro atoms. The molecule has 2 aliphatic carbocycles. The van der Waals surface area contributed by atoms with Gasteiger partial charge in [0.05, 0.1) is 5.69 Å². The van der Waals surface area contributed by atoms with Crippen LogP contribution in [-0.2, 0) is 9.59 Å². The third kappa shape index (κ3) is 4.10. The van der Waals surface area contributed by atoms with Gasteiger partial charge in [0.1, 0.15) is 18.1 Å². The number of ether oxygens (including phenoxy) is 1. The maximum absolute atomic E-state index is 15.4. The van der Waals surface area contributed by atoms with Crippen LogP contribution in [0.5, 0.6) is 5.88 Å². The summed E-state index contributed by atoms with van der Waals surface area (Å²) in [4.78, 5) is 33.1. The number of hydrogen-bond acceptors (Lipinski definition) is 7. The van der Waals surface area contributed by atoms with Crippen molar-refractivity contribution in [3.63, 3.8) is 0 Å². The minimum absolute atomic E-state index is 0.00330. The van der Waals surface area contributed by atoms with E-state index in [0.29, 0.717) is 52.7 Å². The molecule has 5 N–H and O–H groups in total. The zero-order valence-electron chi connectivity index (χ0n) is 20.7. The van der Waals surface area contributed by atoms with Crippen molar-refractivity contribution in [2.24, 2.45) is 17.8 Å². The number of anilines is 3. The van der Waals surface area contributed by atoms with Gasteiger partial charge in [-0.15, -0.1) is 0 Å². The quantitative estimate of drug-likeness (QED) is 0.399. The van der Waals surface area contributed by atoms with E-state index in [-0.39, 0.29) is 35.4 Å². The molecule has 1 aliphatic heterocycles. The maximum Gasteiger partial charge on any atom is 0.237 e. The molecule has 6 rings (SSSR count). The van der Waals surface area contributed by atoms with Gasteiger partial charge in [0.15, 0.2) is 5.82 Å². The number of amides is 2. The minimum Gasteiger partial charge on any atom is -0.474 e. The molecule has 0 bridgehead atoms. The number of nitrogens with two attached hydrogens (primary N) is 1. The number of pyridine rings is 2. The van der Waals surface area contributed by atoms with Gasteiger partial charge in [0.2, 0.25) is 17.7 Å². The molecule has 2 saturated carbocycles. The third-order valence-corrected chi connectivity index (χ3v) is 7.93. The van der Waals surface area contributed by atoms with E-state index in [2.05, 4.69) is 25.9 Å². The van der Waals surface area contributed by atoms with Crippen LogP contribution in [0.2, 0.25) is 0 Å². The SMILES string of the molecule is CC(=O)NC1CC[C@@H]2C(C(=O)Nc3cc4cc(-c5cnc6c(c5C)NCCO6)c(F)c(N)c4cn3)[C@@H]2C1. The normalized spacial score (nSPS) is 23.8. The van der Waals surface area contributed by atoms with E-state index >= 15 is 4.39 Å². The van der Waals surface area contributed by atoms with Crippen LogP contribution in [0.3, 0.4) is 0 Å². The second kappa shape index (κ2) is 8.86. The Kier molecular flexibility index (Phi) is 5.62. The summed E-state index contributed by atoms with van der Waals surface area (Å²) in [6.07, 6.45) is 5.73. The van der Waals surface area contributed by atoms with Gasteiger partial charge in [-0.25, -0.2) is 14.4 Å². The lowest BCUT2D eigenvalue weighted by atomic mass is 9.95. The van der Waals surface area contributed by atoms with Crippen LogP contribution in [0.1, 0.15) is 31.7 Å². The lowest BCUT2D eigenvalue weighted by Crippen LogP contribution is -2.35. The molecule has 2 amide bonds. The molecule has 3 heterocycles. The van der Waals surface area contributed by atoms with Crippen molar-refractivity contribution in [1.29, 1.82) is 0 Å². The monoisotopic (exact) mass is 504 g/mol. The van der Waals surface area contributed by atoms with E-state index in [9.17, 15) is 9.59 Å². The molecule has 37 heavy (non-hydrogen) atoms. The van der Waals surface area contributed by atoms with Crippen molar-refractivity contribution in [3.05, 3.63) is 35.9 Å². The van der Waals surface area contributed by atoms with Gasteiger partial charge in [-0.1, -0.05) is 0 Å². The van der Waals surface area contributed by atoms with Gasteiger partial charge in [-0.3, -0.25) is 9.59 Å². The van der Waals surface area contributed by atoms with Crippen LogP contribution in [-0.4, -0.2) is 41.0 Å². The number of rotatable bonds is 4. The minimum atomic E-state index is -0.538. The number of nitrogens with zero attached hydrogens (tertiary/aromatic N) is 2. The summed E-state index contributed by atoms with van der Waals surface area (Å²) in [7, 11) is 0. The highest BCUT2D eigenvalue weighted by Gasteiger charge is 2.56. The number of halogens is 1. The Balaban J connectivity index is 1.26. The average Bonchev–Trinajstić information content (AvgIpc) is 3.60. The zero-order valence-corrected chi connectivity index (χ0v) is 20.7. The molecule has 192 valence electrons. The van der Waals surface area contributed by atoms with Gasteiger partial charge in [0.25, 0.3) is 0 Å². The molecule has 3 aliphatic rings. The number of nitrogen functional groups attached to an aromatic ring is 1. The predicted octanol–water partition coefficient (Wildman–Crippen LogP) is 3.62. The summed E-state index contributed by atoms with van der Waals surface area (Å²) >= 11 is 0. The first-order chi connectivity index (χ1) is 17.8. The van der Waals surface area contributed by atoms with E-state index < -0.39 is 5.82 Å². The summed E-state index contributed by atoms with van der Waals surface area (Å²) in [5.74, 6) is 0.797. The number of fused-ring (bicyclic) bond motifs is 3. The summed E-state index contributed by atoms with van der Waals surface area (Å²) in [5, 5.41) is 10.3. The maximum atomic E-state index is 15.4. The first kappa shape index (κ1) is 23.4. The highest BCUT2D eigenvalue weighted by Crippen LogP contribution is 2.55. The van der Waals surface area contributed by atoms with Crippen LogP contribution >= 0.6 is 0 Å². The van der Waals surface area contributed by atoms with Gasteiger partial charge in [0, 0.05) is 54.3 Å². The number of hydrogen-bond donors (Lipinski definition) is 4. The van der Waals surface area contributed by atoms with E-state index in [0.717, 1.165) is 30.5 Å². The van der Waals surface area contributed by atoms with Crippen LogP contribution in [0.25, 0.3) is 21.9 Å². The molecule has 9 nitrogen and oxygen atoms in total. The lowest BCUT2D eigenvalue weighted by molar-refractivity contribution is -0.120. The first-order valence-corrected chi connectivity index (χ1v) is 12.6. The second-order valence-corrected chi connectivity index (χ2v) is 10.2. The smallest absolute Gasteiger partial charge is 0.237 e. The highest BCUT2D eigenvalue weighted by atomic mass is 19.1. The zero-order chi connectivity index (χ0) is 25.8. The number of nitrogens with one attached hydrogen (secondary N) is 3. The summed E-state index contributed by atoms with van der Waals surface area (Å²) in [5.41, 5.74) is 8.69. The number of carbonyl (C=O) groups is 2. The van der Waals surface area contributed by atoms with Gasteiger partial charge in [-0.05, 0) is 61.1 Å². The summed E-state index contributed by atoms with van der Waals surface area (Å²) in [6, 6.07) is 3.57. The molecule has 0 saturated heterocycles. The first-order valence-electron chi connectivity index (χ1n) is 12.6. The average molecular weight is 505 g/mol. The van der Waals surface area contributed by atoms with E-state index in [1.54, 1.807) is 18.3 Å². The van der Waals surface area contributed by atoms with E-state index in [4.69, 9.17) is 10.5 Å². The Bertz CT molecular complexity index is 1440. The fourth-order valence-corrected chi connectivity index (χ4v) is 6.07. The number of aromatic nitrogens is 2. The van der Waals surface area contributed by atoms with Crippen molar-refractivity contribution in [2.45, 2.75) is 39.2 Å². The Morgan fingerprint density at radius 3 is 2.81 bits per heavy atom. The lowest BCUT2D eigenvalue weighted by Gasteiger charge is -2.22. The highest BCUT2D eigenvalue weighted by molar-refractivity contribution is 6.01. The molecule has 2 aromatic heterocycles. The van der Waals surface area contributed by atoms with Crippen molar-refractivity contribution in [2.75, 3.05) is 29.5 Å². The molecular weight excluding hydrogens is 475 g/mol. The van der Waals surface area contributed by atoms with Crippen molar-refractivity contribution >= 4 is 39.8 Å². The fraction of sp³-hybridized carbons (Fsp3) is 0.407. The number of benzene rings is 1. The van der Waals surface area contributed by atoms with Crippen LogP contribution in [0.4, 0.5) is 21.6 Å². The molecule has 1 aromatic carbocycles. The van der Waals surface area contributed by atoms with Crippen LogP contribution in [0, 0.1) is 30.5 Å². The van der Waals surface area contributed by atoms with Crippen molar-refractivity contribution in [3.8, 4) is 17.0 Å². The molecule has 0 radical (unpaired) electrons. The Labute approximate surface area is 213 Å². The van der Waals surface area contributed by atoms with Crippen LogP contribution in [0.15, 0.2) is 24.5 Å². The molecule has 4 atom stereocenters. The standard InChI is InChI=1S/C27H29FN6O3/c1-12-19(10-32-27-25(12)30-5-6-37-27)18-7-14-8-21(31-11-20(14)24(29)23(18)28)34-26(36)22-16-4-3-15(9-17(16)22)33-13(2)35/h7-8,10-11,15-17,22,30H,3-6,9,29H2,1-2H3,(H,33,35)(H,31,34,36)/t15?,16-,17+,22?/m0/s1. The molecular formula is C27H29FN6O3. The van der Waals surface area contributed by atoms with Gasteiger partial charge < -0.3 is 26.4 Å². The Morgan fingerprint density at radius 2 is 2.00 bits per heavy atom. The Hall–Kier alpha value is -3.95. The van der Waals surface area contributed by atoms with Crippen molar-refractivity contribution in [1.82, 2.24) is 15.3 Å². The fourth-order valence-electron chi connectivity index (χ4n) is 6.07.